The summed E-state index contributed by atoms with van der Waals surface area (Å²) in [7, 11) is 0. The van der Waals surface area contributed by atoms with Crippen LogP contribution in [0.3, 0.4) is 0 Å². The fourth-order valence-electron chi connectivity index (χ4n) is 3.94. The highest BCUT2D eigenvalue weighted by Crippen LogP contribution is 2.21. The second-order valence-corrected chi connectivity index (χ2v) is 7.40. The zero-order valence-electron chi connectivity index (χ0n) is 17.1. The maximum Gasteiger partial charge on any atom is 0.220 e. The van der Waals surface area contributed by atoms with Crippen LogP contribution in [0.25, 0.3) is 0 Å². The van der Waals surface area contributed by atoms with Gasteiger partial charge in [0, 0.05) is 32.1 Å². The molecular formula is C24H32N2O2. The first kappa shape index (κ1) is 20.4. The first-order valence-corrected chi connectivity index (χ1v) is 10.5. The molecule has 150 valence electrons. The van der Waals surface area contributed by atoms with Crippen molar-refractivity contribution in [3.63, 3.8) is 0 Å². The third kappa shape index (κ3) is 5.35. The molecule has 0 saturated heterocycles. The van der Waals surface area contributed by atoms with Crippen LogP contribution in [0.5, 0.6) is 5.75 Å². The van der Waals surface area contributed by atoms with Crippen molar-refractivity contribution in [1.29, 1.82) is 0 Å². The van der Waals surface area contributed by atoms with Gasteiger partial charge in [0.25, 0.3) is 0 Å². The number of nitrogens with one attached hydrogen (secondary N) is 1. The van der Waals surface area contributed by atoms with E-state index in [1.165, 1.54) is 11.1 Å². The fourth-order valence-corrected chi connectivity index (χ4v) is 3.94. The van der Waals surface area contributed by atoms with Crippen LogP contribution in [0.2, 0.25) is 0 Å². The molecule has 1 unspecified atom stereocenters. The van der Waals surface area contributed by atoms with Gasteiger partial charge in [0.2, 0.25) is 5.91 Å². The Morgan fingerprint density at radius 2 is 1.86 bits per heavy atom. The van der Waals surface area contributed by atoms with E-state index in [-0.39, 0.29) is 5.91 Å². The minimum Gasteiger partial charge on any atom is -0.494 e. The lowest BCUT2D eigenvalue weighted by molar-refractivity contribution is -0.121. The zero-order chi connectivity index (χ0) is 19.8. The van der Waals surface area contributed by atoms with E-state index in [1.807, 2.05) is 31.2 Å². The molecule has 1 N–H and O–H groups in total. The van der Waals surface area contributed by atoms with Crippen LogP contribution in [0.4, 0.5) is 0 Å². The number of carbonyl (C=O) groups excluding carboxylic acids is 1. The van der Waals surface area contributed by atoms with Gasteiger partial charge in [-0.15, -0.1) is 0 Å². The maximum absolute atomic E-state index is 12.4. The molecule has 2 aromatic rings. The van der Waals surface area contributed by atoms with Crippen molar-refractivity contribution in [2.45, 2.75) is 52.1 Å². The van der Waals surface area contributed by atoms with Crippen LogP contribution in [0.1, 0.15) is 43.4 Å². The van der Waals surface area contributed by atoms with E-state index in [4.69, 9.17) is 4.74 Å². The van der Waals surface area contributed by atoms with Crippen LogP contribution >= 0.6 is 0 Å². The smallest absolute Gasteiger partial charge is 0.220 e. The van der Waals surface area contributed by atoms with E-state index in [2.05, 4.69) is 41.4 Å². The third-order valence-electron chi connectivity index (χ3n) is 5.58. The summed E-state index contributed by atoms with van der Waals surface area (Å²) in [5, 5.41) is 3.16. The molecule has 3 rings (SSSR count). The number of benzene rings is 2. The molecule has 1 aliphatic heterocycles. The Kier molecular flexibility index (Phi) is 7.49. The molecule has 28 heavy (non-hydrogen) atoms. The van der Waals surface area contributed by atoms with Gasteiger partial charge in [-0.25, -0.2) is 0 Å². The Balaban J connectivity index is 1.48. The lowest BCUT2D eigenvalue weighted by Crippen LogP contribution is -2.45. The lowest BCUT2D eigenvalue weighted by atomic mass is 9.98. The summed E-state index contributed by atoms with van der Waals surface area (Å²) in [6.07, 6.45) is 3.32. The van der Waals surface area contributed by atoms with Gasteiger partial charge >= 0.3 is 0 Å². The van der Waals surface area contributed by atoms with E-state index in [0.717, 1.165) is 37.2 Å². The van der Waals surface area contributed by atoms with Crippen molar-refractivity contribution in [1.82, 2.24) is 10.2 Å². The molecular weight excluding hydrogens is 348 g/mol. The largest absolute Gasteiger partial charge is 0.494 e. The van der Waals surface area contributed by atoms with Gasteiger partial charge in [-0.05, 0) is 48.9 Å². The quantitative estimate of drug-likeness (QED) is 0.716. The van der Waals surface area contributed by atoms with Crippen molar-refractivity contribution in [3.8, 4) is 5.75 Å². The van der Waals surface area contributed by atoms with Gasteiger partial charge in [-0.1, -0.05) is 49.4 Å². The molecule has 4 heteroatoms. The Bertz CT molecular complexity index is 775. The topological polar surface area (TPSA) is 41.6 Å². The van der Waals surface area contributed by atoms with Gasteiger partial charge in [-0.2, -0.15) is 0 Å². The fraction of sp³-hybridized carbons (Fsp3) is 0.458. The van der Waals surface area contributed by atoms with Crippen molar-refractivity contribution < 1.29 is 9.53 Å². The van der Waals surface area contributed by atoms with E-state index >= 15 is 0 Å². The number of para-hydroxylation sites is 1. The molecule has 4 nitrogen and oxygen atoms in total. The average Bonchev–Trinajstić information content (AvgIpc) is 2.73. The highest BCUT2D eigenvalue weighted by molar-refractivity contribution is 5.76. The van der Waals surface area contributed by atoms with Gasteiger partial charge in [0.1, 0.15) is 5.75 Å². The van der Waals surface area contributed by atoms with Gasteiger partial charge in [0.15, 0.2) is 0 Å². The number of fused-ring (bicyclic) bond motifs is 1. The summed E-state index contributed by atoms with van der Waals surface area (Å²) in [6.45, 7) is 7.58. The molecule has 0 saturated carbocycles. The van der Waals surface area contributed by atoms with Crippen LogP contribution in [-0.4, -0.2) is 36.5 Å². The number of nitrogens with zero attached hydrogens (tertiary/aromatic N) is 1. The Morgan fingerprint density at radius 1 is 1.11 bits per heavy atom. The molecule has 1 atom stereocenters. The molecule has 1 amide bonds. The number of hydrogen-bond acceptors (Lipinski definition) is 3. The second kappa shape index (κ2) is 10.3. The zero-order valence-corrected chi connectivity index (χ0v) is 17.1. The van der Waals surface area contributed by atoms with E-state index < -0.39 is 0 Å². The molecule has 0 fully saturated rings. The van der Waals surface area contributed by atoms with E-state index in [1.54, 1.807) is 0 Å². The second-order valence-electron chi connectivity index (χ2n) is 7.40. The molecule has 0 aromatic heterocycles. The first-order valence-electron chi connectivity index (χ1n) is 10.5. The van der Waals surface area contributed by atoms with Crippen LogP contribution < -0.4 is 10.1 Å². The Hall–Kier alpha value is -2.33. The maximum atomic E-state index is 12.4. The summed E-state index contributed by atoms with van der Waals surface area (Å²) in [4.78, 5) is 14.9. The number of rotatable bonds is 9. The summed E-state index contributed by atoms with van der Waals surface area (Å²) in [5.74, 6) is 0.998. The van der Waals surface area contributed by atoms with Crippen molar-refractivity contribution in [3.05, 3.63) is 65.2 Å². The Morgan fingerprint density at radius 3 is 2.64 bits per heavy atom. The number of hydrogen-bond donors (Lipinski definition) is 1. The first-order chi connectivity index (χ1) is 13.7. The molecule has 1 heterocycles. The molecule has 0 radical (unpaired) electrons. The highest BCUT2D eigenvalue weighted by atomic mass is 16.5. The van der Waals surface area contributed by atoms with E-state index in [9.17, 15) is 4.79 Å². The van der Waals surface area contributed by atoms with Gasteiger partial charge < -0.3 is 10.1 Å². The number of amides is 1. The minimum absolute atomic E-state index is 0.113. The predicted octanol–water partition coefficient (Wildman–Crippen LogP) is 3.97. The van der Waals surface area contributed by atoms with Crippen LogP contribution in [-0.2, 0) is 24.2 Å². The molecule has 0 spiro atoms. The standard InChI is InChI=1S/C24H32N2O2/c1-3-22(26-16-15-19-9-5-6-11-21(19)18-26)17-25-24(27)14-13-20-10-7-8-12-23(20)28-4-2/h5-12,22H,3-4,13-18H2,1-2H3,(H,25,27). The molecule has 0 aliphatic carbocycles. The van der Waals surface area contributed by atoms with Gasteiger partial charge in [0.05, 0.1) is 6.61 Å². The third-order valence-corrected chi connectivity index (χ3v) is 5.58. The summed E-state index contributed by atoms with van der Waals surface area (Å²) >= 11 is 0. The highest BCUT2D eigenvalue weighted by Gasteiger charge is 2.22. The minimum atomic E-state index is 0.113. The molecule has 0 bridgehead atoms. The average molecular weight is 381 g/mol. The van der Waals surface area contributed by atoms with Crippen molar-refractivity contribution >= 4 is 5.91 Å². The SMILES string of the molecule is CCOc1ccccc1CCC(=O)NCC(CC)N1CCc2ccccc2C1. The van der Waals surface area contributed by atoms with E-state index in [0.29, 0.717) is 32.0 Å². The Labute approximate surface area is 168 Å². The summed E-state index contributed by atoms with van der Waals surface area (Å²) in [6, 6.07) is 17.1. The van der Waals surface area contributed by atoms with Crippen molar-refractivity contribution in [2.24, 2.45) is 0 Å². The van der Waals surface area contributed by atoms with Gasteiger partial charge in [-0.3, -0.25) is 9.69 Å². The normalized spacial score (nSPS) is 14.9. The number of carbonyl (C=O) groups is 1. The molecule has 1 aliphatic rings. The summed E-state index contributed by atoms with van der Waals surface area (Å²) < 4.78 is 5.65. The lowest BCUT2D eigenvalue weighted by Gasteiger charge is -2.35. The van der Waals surface area contributed by atoms with Crippen molar-refractivity contribution in [2.75, 3.05) is 19.7 Å². The monoisotopic (exact) mass is 380 g/mol. The summed E-state index contributed by atoms with van der Waals surface area (Å²) in [5.41, 5.74) is 3.98. The van der Waals surface area contributed by atoms with Crippen LogP contribution in [0, 0.1) is 0 Å². The molecule has 2 aromatic carbocycles. The number of aryl methyl sites for hydroxylation is 1. The van der Waals surface area contributed by atoms with Crippen LogP contribution in [0.15, 0.2) is 48.5 Å². The number of ether oxygens (including phenoxy) is 1. The predicted molar refractivity (Wildman–Crippen MR) is 114 cm³/mol.